The molecule has 0 saturated heterocycles. The summed E-state index contributed by atoms with van der Waals surface area (Å²) in [6, 6.07) is 15.9. The predicted octanol–water partition coefficient (Wildman–Crippen LogP) is 2.14. The van der Waals surface area contributed by atoms with Gasteiger partial charge in [-0.2, -0.15) is 0 Å². The first-order valence-corrected chi connectivity index (χ1v) is 9.35. The quantitative estimate of drug-likeness (QED) is 0.542. The molecule has 0 atom stereocenters. The number of nitrogens with one attached hydrogen (secondary N) is 3. The van der Waals surface area contributed by atoms with Crippen LogP contribution >= 0.6 is 12.2 Å². The Morgan fingerprint density at radius 1 is 1.15 bits per heavy atom. The van der Waals surface area contributed by atoms with Crippen LogP contribution < -0.4 is 25.8 Å². The number of hydrogen-bond acceptors (Lipinski definition) is 4. The Morgan fingerprint density at radius 2 is 1.93 bits per heavy atom. The van der Waals surface area contributed by atoms with Crippen molar-refractivity contribution in [2.45, 2.75) is 19.4 Å². The molecule has 2 aromatic rings. The van der Waals surface area contributed by atoms with E-state index in [1.54, 1.807) is 7.11 Å². The molecule has 27 heavy (non-hydrogen) atoms. The smallest absolute Gasteiger partial charge is 0.257 e. The van der Waals surface area contributed by atoms with Gasteiger partial charge < -0.3 is 15.0 Å². The molecule has 142 valence electrons. The van der Waals surface area contributed by atoms with Crippen molar-refractivity contribution in [3.8, 4) is 5.75 Å². The normalized spacial score (nSPS) is 12.7. The summed E-state index contributed by atoms with van der Waals surface area (Å²) in [4.78, 5) is 14.4. The summed E-state index contributed by atoms with van der Waals surface area (Å²) in [5, 5.41) is 3.44. The molecule has 0 radical (unpaired) electrons. The lowest BCUT2D eigenvalue weighted by Crippen LogP contribution is -2.50. The minimum Gasteiger partial charge on any atom is -0.497 e. The van der Waals surface area contributed by atoms with Crippen LogP contribution in [0.4, 0.5) is 5.69 Å². The molecule has 0 spiro atoms. The summed E-state index contributed by atoms with van der Waals surface area (Å²) >= 11 is 5.21. The van der Waals surface area contributed by atoms with Gasteiger partial charge in [0.1, 0.15) is 5.75 Å². The molecular weight excluding hydrogens is 360 g/mol. The number of ether oxygens (including phenoxy) is 1. The maximum Gasteiger partial charge on any atom is 0.257 e. The maximum atomic E-state index is 12.3. The second kappa shape index (κ2) is 9.23. The minimum absolute atomic E-state index is 0.125. The largest absolute Gasteiger partial charge is 0.497 e. The molecule has 0 unspecified atom stereocenters. The van der Waals surface area contributed by atoms with Crippen LogP contribution in [-0.4, -0.2) is 31.2 Å². The van der Waals surface area contributed by atoms with Crippen molar-refractivity contribution < 1.29 is 9.53 Å². The van der Waals surface area contributed by atoms with Crippen LogP contribution in [0.2, 0.25) is 0 Å². The van der Waals surface area contributed by atoms with Gasteiger partial charge in [0.05, 0.1) is 13.7 Å². The molecule has 3 rings (SSSR count). The summed E-state index contributed by atoms with van der Waals surface area (Å²) in [5.41, 5.74) is 8.92. The Labute approximate surface area is 164 Å². The molecule has 1 heterocycles. The van der Waals surface area contributed by atoms with E-state index in [9.17, 15) is 4.79 Å². The Hall–Kier alpha value is -2.80. The number of carbonyl (C=O) groups is 1. The van der Waals surface area contributed by atoms with E-state index < -0.39 is 0 Å². The number of rotatable bonds is 5. The van der Waals surface area contributed by atoms with Crippen LogP contribution in [-0.2, 0) is 17.8 Å². The first-order chi connectivity index (χ1) is 13.2. The van der Waals surface area contributed by atoms with E-state index in [1.807, 2.05) is 36.4 Å². The molecule has 3 N–H and O–H groups in total. The predicted molar refractivity (Wildman–Crippen MR) is 111 cm³/mol. The Morgan fingerprint density at radius 3 is 2.70 bits per heavy atom. The zero-order valence-corrected chi connectivity index (χ0v) is 16.1. The SMILES string of the molecule is COc1ccc(CNC(=S)NNC(=O)CN2CCCc3ccccc32)cc1. The lowest BCUT2D eigenvalue weighted by atomic mass is 10.0. The highest BCUT2D eigenvalue weighted by Gasteiger charge is 2.18. The molecule has 7 heteroatoms. The third kappa shape index (κ3) is 5.34. The highest BCUT2D eigenvalue weighted by atomic mass is 32.1. The number of thiocarbonyl (C=S) groups is 1. The first-order valence-electron chi connectivity index (χ1n) is 8.94. The van der Waals surface area contributed by atoms with Crippen LogP contribution in [0.5, 0.6) is 5.75 Å². The number of fused-ring (bicyclic) bond motifs is 1. The average molecular weight is 385 g/mol. The third-order valence-electron chi connectivity index (χ3n) is 4.47. The van der Waals surface area contributed by atoms with Crippen molar-refractivity contribution >= 4 is 28.9 Å². The van der Waals surface area contributed by atoms with Gasteiger partial charge in [-0.25, -0.2) is 0 Å². The van der Waals surface area contributed by atoms with Crippen LogP contribution in [0.3, 0.4) is 0 Å². The fourth-order valence-corrected chi connectivity index (χ4v) is 3.21. The number of methoxy groups -OCH3 is 1. The van der Waals surface area contributed by atoms with Gasteiger partial charge in [-0.1, -0.05) is 30.3 Å². The standard InChI is InChI=1S/C20H24N4O2S/c1-26-17-10-8-15(9-11-17)13-21-20(27)23-22-19(25)14-24-12-4-6-16-5-2-3-7-18(16)24/h2-3,5,7-11H,4,6,12-14H2,1H3,(H,22,25)(H2,21,23,27). The number of anilines is 1. The van der Waals surface area contributed by atoms with Crippen LogP contribution in [0.1, 0.15) is 17.5 Å². The minimum atomic E-state index is -0.125. The Bertz CT molecular complexity index is 795. The second-order valence-corrected chi connectivity index (χ2v) is 6.77. The number of hydrazine groups is 1. The van der Waals surface area contributed by atoms with Crippen molar-refractivity contribution in [1.29, 1.82) is 0 Å². The number of hydrogen-bond donors (Lipinski definition) is 3. The average Bonchev–Trinajstić information content (AvgIpc) is 2.71. The van der Waals surface area contributed by atoms with Crippen molar-refractivity contribution in [2.24, 2.45) is 0 Å². The lowest BCUT2D eigenvalue weighted by molar-refractivity contribution is -0.120. The molecule has 1 amide bonds. The van der Waals surface area contributed by atoms with Crippen LogP contribution in [0, 0.1) is 0 Å². The Kier molecular flexibility index (Phi) is 6.49. The van der Waals surface area contributed by atoms with Gasteiger partial charge in [0.25, 0.3) is 5.91 Å². The summed E-state index contributed by atoms with van der Waals surface area (Å²) in [5.74, 6) is 0.686. The fourth-order valence-electron chi connectivity index (χ4n) is 3.09. The highest BCUT2D eigenvalue weighted by molar-refractivity contribution is 7.80. The number of amides is 1. The third-order valence-corrected chi connectivity index (χ3v) is 4.71. The van der Waals surface area contributed by atoms with Gasteiger partial charge in [-0.3, -0.25) is 15.6 Å². The summed E-state index contributed by atoms with van der Waals surface area (Å²) in [6.45, 7) is 1.74. The number of carbonyl (C=O) groups excluding carboxylic acids is 1. The molecule has 0 fully saturated rings. The van der Waals surface area contributed by atoms with E-state index in [0.717, 1.165) is 36.4 Å². The van der Waals surface area contributed by atoms with Gasteiger partial charge in [0.2, 0.25) is 0 Å². The number of para-hydroxylation sites is 1. The molecule has 0 bridgehead atoms. The Balaban J connectivity index is 1.42. The zero-order valence-electron chi connectivity index (χ0n) is 15.3. The van der Waals surface area contributed by atoms with Crippen molar-refractivity contribution in [1.82, 2.24) is 16.2 Å². The van der Waals surface area contributed by atoms with Gasteiger partial charge in [0, 0.05) is 18.8 Å². The molecule has 6 nitrogen and oxygen atoms in total. The zero-order chi connectivity index (χ0) is 19.1. The van der Waals surface area contributed by atoms with Crippen LogP contribution in [0.15, 0.2) is 48.5 Å². The summed E-state index contributed by atoms with van der Waals surface area (Å²) in [7, 11) is 1.64. The molecule has 1 aliphatic heterocycles. The number of benzene rings is 2. The van der Waals surface area contributed by atoms with E-state index in [4.69, 9.17) is 17.0 Å². The van der Waals surface area contributed by atoms with E-state index >= 15 is 0 Å². The molecular formula is C20H24N4O2S. The molecule has 0 aromatic heterocycles. The maximum absolute atomic E-state index is 12.3. The van der Waals surface area contributed by atoms with Gasteiger partial charge in [0.15, 0.2) is 5.11 Å². The lowest BCUT2D eigenvalue weighted by Gasteiger charge is -2.30. The fraction of sp³-hybridized carbons (Fsp3) is 0.300. The second-order valence-electron chi connectivity index (χ2n) is 6.36. The van der Waals surface area contributed by atoms with E-state index in [2.05, 4.69) is 33.2 Å². The van der Waals surface area contributed by atoms with Gasteiger partial charge >= 0.3 is 0 Å². The van der Waals surface area contributed by atoms with Crippen LogP contribution in [0.25, 0.3) is 0 Å². The molecule has 1 aliphatic rings. The monoisotopic (exact) mass is 384 g/mol. The van der Waals surface area contributed by atoms with Crippen molar-refractivity contribution in [3.63, 3.8) is 0 Å². The summed E-state index contributed by atoms with van der Waals surface area (Å²) < 4.78 is 5.13. The topological polar surface area (TPSA) is 65.6 Å². The van der Waals surface area contributed by atoms with E-state index in [1.165, 1.54) is 5.56 Å². The molecule has 2 aromatic carbocycles. The van der Waals surface area contributed by atoms with E-state index in [0.29, 0.717) is 18.2 Å². The molecule has 0 aliphatic carbocycles. The van der Waals surface area contributed by atoms with Crippen molar-refractivity contribution in [2.75, 3.05) is 25.1 Å². The molecule has 0 saturated carbocycles. The van der Waals surface area contributed by atoms with Gasteiger partial charge in [-0.15, -0.1) is 0 Å². The first kappa shape index (κ1) is 19.0. The van der Waals surface area contributed by atoms with Crippen molar-refractivity contribution in [3.05, 3.63) is 59.7 Å². The van der Waals surface area contributed by atoms with Gasteiger partial charge in [-0.05, 0) is 54.4 Å². The number of aryl methyl sites for hydroxylation is 1. The highest BCUT2D eigenvalue weighted by Crippen LogP contribution is 2.26. The summed E-state index contributed by atoms with van der Waals surface area (Å²) in [6.07, 6.45) is 2.12. The van der Waals surface area contributed by atoms with E-state index in [-0.39, 0.29) is 5.91 Å². The number of nitrogens with zero attached hydrogens (tertiary/aromatic N) is 1.